The van der Waals surface area contributed by atoms with Crippen molar-refractivity contribution in [1.29, 1.82) is 0 Å². The van der Waals surface area contributed by atoms with E-state index in [4.69, 9.17) is 0 Å². The summed E-state index contributed by atoms with van der Waals surface area (Å²) < 4.78 is 0.904. The van der Waals surface area contributed by atoms with Crippen LogP contribution in [0.2, 0.25) is 0 Å². The minimum atomic E-state index is 0.271. The van der Waals surface area contributed by atoms with Gasteiger partial charge >= 0.3 is 0 Å². The molecular weight excluding hydrogens is 324 g/mol. The molecule has 3 heteroatoms. The van der Waals surface area contributed by atoms with Crippen molar-refractivity contribution in [3.63, 3.8) is 0 Å². The van der Waals surface area contributed by atoms with Crippen molar-refractivity contribution >= 4 is 21.6 Å². The maximum atomic E-state index is 4.33. The number of hydrogen-bond acceptors (Lipinski definition) is 2. The quantitative estimate of drug-likeness (QED) is 0.681. The van der Waals surface area contributed by atoms with Crippen molar-refractivity contribution in [3.8, 4) is 0 Å². The molecule has 0 saturated carbocycles. The molecule has 1 aromatic heterocycles. The molecule has 0 aliphatic heterocycles. The summed E-state index contributed by atoms with van der Waals surface area (Å²) in [5.41, 5.74) is 4.92. The number of rotatable bonds is 6. The van der Waals surface area contributed by atoms with Crippen molar-refractivity contribution in [1.82, 2.24) is 4.98 Å². The largest absolute Gasteiger partial charge is 0.377 e. The molecule has 21 heavy (non-hydrogen) atoms. The van der Waals surface area contributed by atoms with E-state index in [1.54, 1.807) is 0 Å². The van der Waals surface area contributed by atoms with Crippen molar-refractivity contribution < 1.29 is 0 Å². The number of nitrogens with one attached hydrogen (secondary N) is 1. The smallest absolute Gasteiger partial charge is 0.109 e. The number of anilines is 1. The molecule has 0 spiro atoms. The molecule has 1 atom stereocenters. The molecule has 0 aliphatic carbocycles. The van der Waals surface area contributed by atoms with Gasteiger partial charge in [-0.05, 0) is 65.4 Å². The van der Waals surface area contributed by atoms with Crippen LogP contribution in [0, 0.1) is 6.92 Å². The van der Waals surface area contributed by atoms with Crippen LogP contribution in [-0.2, 0) is 6.42 Å². The Morgan fingerprint density at radius 3 is 2.57 bits per heavy atom. The Labute approximate surface area is 136 Å². The van der Waals surface area contributed by atoms with E-state index in [1.165, 1.54) is 30.4 Å². The molecule has 0 bridgehead atoms. The molecule has 0 radical (unpaired) electrons. The lowest BCUT2D eigenvalue weighted by atomic mass is 10.0. The average molecular weight is 347 g/mol. The van der Waals surface area contributed by atoms with E-state index in [-0.39, 0.29) is 6.04 Å². The molecule has 1 unspecified atom stereocenters. The normalized spacial score (nSPS) is 12.2. The molecule has 0 saturated heterocycles. The lowest BCUT2D eigenvalue weighted by Gasteiger charge is -2.16. The average Bonchev–Trinajstić information content (AvgIpc) is 2.49. The van der Waals surface area contributed by atoms with E-state index in [2.05, 4.69) is 77.3 Å². The van der Waals surface area contributed by atoms with Gasteiger partial charge in [-0.25, -0.2) is 4.98 Å². The van der Waals surface area contributed by atoms with E-state index >= 15 is 0 Å². The number of nitrogens with zero attached hydrogens (tertiary/aromatic N) is 1. The Bertz CT molecular complexity index is 578. The summed E-state index contributed by atoms with van der Waals surface area (Å²) >= 11 is 3.43. The second kappa shape index (κ2) is 7.60. The van der Waals surface area contributed by atoms with Crippen LogP contribution >= 0.6 is 15.9 Å². The second-order valence-corrected chi connectivity index (χ2v) is 6.29. The van der Waals surface area contributed by atoms with Gasteiger partial charge in [-0.1, -0.05) is 37.6 Å². The Hall–Kier alpha value is -1.35. The summed E-state index contributed by atoms with van der Waals surface area (Å²) in [6.45, 7) is 6.46. The van der Waals surface area contributed by atoms with Crippen molar-refractivity contribution in [3.05, 3.63) is 57.8 Å². The van der Waals surface area contributed by atoms with E-state index in [1.807, 2.05) is 6.20 Å². The lowest BCUT2D eigenvalue weighted by molar-refractivity contribution is 0.793. The molecule has 0 amide bonds. The van der Waals surface area contributed by atoms with Crippen LogP contribution in [0.5, 0.6) is 0 Å². The Morgan fingerprint density at radius 1 is 1.24 bits per heavy atom. The van der Waals surface area contributed by atoms with Gasteiger partial charge < -0.3 is 5.32 Å². The minimum absolute atomic E-state index is 0.271. The molecule has 1 heterocycles. The number of benzene rings is 1. The second-order valence-electron chi connectivity index (χ2n) is 5.54. The molecule has 1 aromatic carbocycles. The third kappa shape index (κ3) is 4.57. The zero-order chi connectivity index (χ0) is 15.2. The van der Waals surface area contributed by atoms with Gasteiger partial charge in [-0.3, -0.25) is 0 Å². The molecule has 0 fully saturated rings. The summed E-state index contributed by atoms with van der Waals surface area (Å²) in [4.78, 5) is 4.33. The Balaban J connectivity index is 2.02. The highest BCUT2D eigenvalue weighted by Gasteiger charge is 2.06. The fraction of sp³-hybridized carbons (Fsp3) is 0.389. The number of aryl methyl sites for hydroxylation is 2. The fourth-order valence-electron chi connectivity index (χ4n) is 2.32. The van der Waals surface area contributed by atoms with Crippen LogP contribution in [-0.4, -0.2) is 4.98 Å². The van der Waals surface area contributed by atoms with Crippen LogP contribution in [0.3, 0.4) is 0 Å². The highest BCUT2D eigenvalue weighted by Crippen LogP contribution is 2.22. The lowest BCUT2D eigenvalue weighted by Crippen LogP contribution is -2.07. The first kappa shape index (κ1) is 16.0. The molecule has 1 N–H and O–H groups in total. The van der Waals surface area contributed by atoms with Gasteiger partial charge in [0, 0.05) is 6.04 Å². The van der Waals surface area contributed by atoms with Gasteiger partial charge in [0.15, 0.2) is 0 Å². The number of pyridine rings is 1. The molecule has 0 aliphatic rings. The predicted octanol–water partition coefficient (Wildman–Crippen LogP) is 5.67. The van der Waals surface area contributed by atoms with E-state index < -0.39 is 0 Å². The SMILES string of the molecule is CCCCc1ccc(C(C)Nc2cnc(Br)c(C)c2)cc1. The van der Waals surface area contributed by atoms with Gasteiger partial charge in [-0.2, -0.15) is 0 Å². The molecular formula is C18H23BrN2. The molecule has 2 rings (SSSR count). The summed E-state index contributed by atoms with van der Waals surface area (Å²) in [7, 11) is 0. The summed E-state index contributed by atoms with van der Waals surface area (Å²) in [5.74, 6) is 0. The summed E-state index contributed by atoms with van der Waals surface area (Å²) in [5, 5.41) is 3.51. The van der Waals surface area contributed by atoms with E-state index in [0.717, 1.165) is 15.9 Å². The zero-order valence-electron chi connectivity index (χ0n) is 13.0. The first-order valence-electron chi connectivity index (χ1n) is 7.57. The fourth-order valence-corrected chi connectivity index (χ4v) is 2.54. The zero-order valence-corrected chi connectivity index (χ0v) is 14.6. The molecule has 2 aromatic rings. The maximum absolute atomic E-state index is 4.33. The number of aromatic nitrogens is 1. The molecule has 2 nitrogen and oxygen atoms in total. The third-order valence-electron chi connectivity index (χ3n) is 3.70. The van der Waals surface area contributed by atoms with Gasteiger partial charge in [-0.15, -0.1) is 0 Å². The maximum Gasteiger partial charge on any atom is 0.109 e. The molecule has 112 valence electrons. The Kier molecular flexibility index (Phi) is 5.80. The first-order valence-corrected chi connectivity index (χ1v) is 8.37. The minimum Gasteiger partial charge on any atom is -0.377 e. The monoisotopic (exact) mass is 346 g/mol. The summed E-state index contributed by atoms with van der Waals surface area (Å²) in [6.07, 6.45) is 5.55. The summed E-state index contributed by atoms with van der Waals surface area (Å²) in [6, 6.07) is 11.3. The predicted molar refractivity (Wildman–Crippen MR) is 93.8 cm³/mol. The third-order valence-corrected chi connectivity index (χ3v) is 4.53. The van der Waals surface area contributed by atoms with Crippen molar-refractivity contribution in [2.45, 2.75) is 46.1 Å². The van der Waals surface area contributed by atoms with Crippen LogP contribution in [0.25, 0.3) is 0 Å². The van der Waals surface area contributed by atoms with Crippen molar-refractivity contribution in [2.75, 3.05) is 5.32 Å². The van der Waals surface area contributed by atoms with Gasteiger partial charge in [0.05, 0.1) is 11.9 Å². The van der Waals surface area contributed by atoms with E-state index in [0.29, 0.717) is 0 Å². The number of unbranched alkanes of at least 4 members (excludes halogenated alkanes) is 1. The number of hydrogen-bond donors (Lipinski definition) is 1. The van der Waals surface area contributed by atoms with Crippen LogP contribution in [0.4, 0.5) is 5.69 Å². The van der Waals surface area contributed by atoms with Crippen LogP contribution in [0.1, 0.15) is 49.4 Å². The van der Waals surface area contributed by atoms with Gasteiger partial charge in [0.2, 0.25) is 0 Å². The topological polar surface area (TPSA) is 24.9 Å². The van der Waals surface area contributed by atoms with Crippen LogP contribution < -0.4 is 5.32 Å². The number of halogens is 1. The van der Waals surface area contributed by atoms with Gasteiger partial charge in [0.25, 0.3) is 0 Å². The first-order chi connectivity index (χ1) is 10.1. The Morgan fingerprint density at radius 2 is 1.95 bits per heavy atom. The van der Waals surface area contributed by atoms with E-state index in [9.17, 15) is 0 Å². The highest BCUT2D eigenvalue weighted by atomic mass is 79.9. The van der Waals surface area contributed by atoms with Gasteiger partial charge in [0.1, 0.15) is 4.60 Å². The van der Waals surface area contributed by atoms with Crippen LogP contribution in [0.15, 0.2) is 41.1 Å². The highest BCUT2D eigenvalue weighted by molar-refractivity contribution is 9.10. The standard InChI is InChI=1S/C18H23BrN2/c1-4-5-6-15-7-9-16(10-8-15)14(3)21-17-11-13(2)18(19)20-12-17/h7-12,14,21H,4-6H2,1-3H3. The van der Waals surface area contributed by atoms with Crippen molar-refractivity contribution in [2.24, 2.45) is 0 Å².